The second-order valence-corrected chi connectivity index (χ2v) is 7.40. The zero-order valence-electron chi connectivity index (χ0n) is 15.1. The fraction of sp³-hybridized carbons (Fsp3) is 0.143. The molecule has 0 unspecified atom stereocenters. The van der Waals surface area contributed by atoms with Crippen LogP contribution in [0.15, 0.2) is 54.7 Å². The largest absolute Gasteiger partial charge is 0.302 e. The molecular formula is C21H17FN4OS. The third-order valence-electron chi connectivity index (χ3n) is 4.22. The van der Waals surface area contributed by atoms with Gasteiger partial charge in [0, 0.05) is 25.1 Å². The van der Waals surface area contributed by atoms with Crippen molar-refractivity contribution < 1.29 is 9.18 Å². The molecule has 5 nitrogen and oxygen atoms in total. The summed E-state index contributed by atoms with van der Waals surface area (Å²) in [6.45, 7) is 1.46. The van der Waals surface area contributed by atoms with Crippen LogP contribution in [-0.4, -0.2) is 20.9 Å². The number of anilines is 1. The fourth-order valence-electron chi connectivity index (χ4n) is 2.88. The van der Waals surface area contributed by atoms with E-state index in [9.17, 15) is 9.18 Å². The molecule has 0 fully saturated rings. The van der Waals surface area contributed by atoms with Gasteiger partial charge < -0.3 is 5.32 Å². The Bertz CT molecular complexity index is 1140. The van der Waals surface area contributed by atoms with Crippen molar-refractivity contribution in [3.05, 3.63) is 71.9 Å². The summed E-state index contributed by atoms with van der Waals surface area (Å²) in [7, 11) is 0. The predicted octanol–water partition coefficient (Wildman–Crippen LogP) is 4.64. The maximum absolute atomic E-state index is 13.0. The molecule has 0 radical (unpaired) electrons. The molecule has 0 saturated carbocycles. The SMILES string of the molecule is CC(=O)Nc1nc2ccc(-c3ccnc(CCc4ccc(F)cc4)n3)cc2s1. The number of hydrogen-bond acceptors (Lipinski definition) is 5. The van der Waals surface area contributed by atoms with Crippen molar-refractivity contribution in [1.82, 2.24) is 15.0 Å². The smallest absolute Gasteiger partial charge is 0.223 e. The number of nitrogens with zero attached hydrogens (tertiary/aromatic N) is 3. The Morgan fingerprint density at radius 3 is 2.68 bits per heavy atom. The van der Waals surface area contributed by atoms with E-state index in [1.165, 1.54) is 30.4 Å². The van der Waals surface area contributed by atoms with Crippen molar-refractivity contribution >= 4 is 32.6 Å². The first-order chi connectivity index (χ1) is 13.6. The number of amides is 1. The van der Waals surface area contributed by atoms with Crippen molar-refractivity contribution in [3.63, 3.8) is 0 Å². The number of carbonyl (C=O) groups is 1. The first-order valence-corrected chi connectivity index (χ1v) is 9.63. The van der Waals surface area contributed by atoms with Gasteiger partial charge in [-0.1, -0.05) is 29.5 Å². The third-order valence-corrected chi connectivity index (χ3v) is 5.16. The van der Waals surface area contributed by atoms with Gasteiger partial charge >= 0.3 is 0 Å². The number of halogens is 1. The second kappa shape index (κ2) is 7.82. The van der Waals surface area contributed by atoms with Gasteiger partial charge in [0.2, 0.25) is 5.91 Å². The lowest BCUT2D eigenvalue weighted by molar-refractivity contribution is -0.114. The van der Waals surface area contributed by atoms with Crippen LogP contribution in [0.5, 0.6) is 0 Å². The number of carbonyl (C=O) groups excluding carboxylic acids is 1. The minimum atomic E-state index is -0.234. The molecule has 2 aromatic heterocycles. The third kappa shape index (κ3) is 4.20. The number of aromatic nitrogens is 3. The van der Waals surface area contributed by atoms with Crippen LogP contribution in [0.3, 0.4) is 0 Å². The van der Waals surface area contributed by atoms with Gasteiger partial charge in [-0.25, -0.2) is 19.3 Å². The number of benzene rings is 2. The van der Waals surface area contributed by atoms with Crippen molar-refractivity contribution in [2.24, 2.45) is 0 Å². The van der Waals surface area contributed by atoms with Gasteiger partial charge in [0.05, 0.1) is 15.9 Å². The highest BCUT2D eigenvalue weighted by atomic mass is 32.1. The maximum Gasteiger partial charge on any atom is 0.223 e. The maximum atomic E-state index is 13.0. The van der Waals surface area contributed by atoms with Gasteiger partial charge in [-0.3, -0.25) is 4.79 Å². The Kier molecular flexibility index (Phi) is 5.08. The van der Waals surface area contributed by atoms with E-state index in [2.05, 4.69) is 20.3 Å². The Labute approximate surface area is 165 Å². The highest BCUT2D eigenvalue weighted by molar-refractivity contribution is 7.22. The molecule has 0 saturated heterocycles. The lowest BCUT2D eigenvalue weighted by Crippen LogP contribution is -2.04. The highest BCUT2D eigenvalue weighted by Crippen LogP contribution is 2.30. The van der Waals surface area contributed by atoms with E-state index in [-0.39, 0.29) is 11.7 Å². The molecule has 1 amide bonds. The Balaban J connectivity index is 1.54. The van der Waals surface area contributed by atoms with Crippen molar-refractivity contribution in [2.45, 2.75) is 19.8 Å². The van der Waals surface area contributed by atoms with Crippen LogP contribution >= 0.6 is 11.3 Å². The second-order valence-electron chi connectivity index (χ2n) is 6.37. The predicted molar refractivity (Wildman–Crippen MR) is 109 cm³/mol. The number of hydrogen-bond donors (Lipinski definition) is 1. The molecule has 2 aromatic carbocycles. The number of thiazole rings is 1. The molecule has 140 valence electrons. The van der Waals surface area contributed by atoms with E-state index in [0.29, 0.717) is 11.6 Å². The van der Waals surface area contributed by atoms with Crippen LogP contribution in [-0.2, 0) is 17.6 Å². The molecule has 0 atom stereocenters. The Morgan fingerprint density at radius 2 is 1.89 bits per heavy atom. The molecule has 2 heterocycles. The minimum Gasteiger partial charge on any atom is -0.302 e. The van der Waals surface area contributed by atoms with Gasteiger partial charge in [-0.15, -0.1) is 0 Å². The Hall–Kier alpha value is -3.19. The van der Waals surface area contributed by atoms with E-state index in [4.69, 9.17) is 0 Å². The zero-order valence-corrected chi connectivity index (χ0v) is 16.0. The van der Waals surface area contributed by atoms with E-state index in [1.807, 2.05) is 24.3 Å². The van der Waals surface area contributed by atoms with E-state index < -0.39 is 0 Å². The average Bonchev–Trinajstić information content (AvgIpc) is 3.08. The molecule has 1 N–H and O–H groups in total. The van der Waals surface area contributed by atoms with E-state index in [0.717, 1.165) is 39.3 Å². The summed E-state index contributed by atoms with van der Waals surface area (Å²) in [5.74, 6) is 0.369. The molecule has 0 aliphatic rings. The topological polar surface area (TPSA) is 67.8 Å². The molecule has 4 aromatic rings. The molecule has 0 aliphatic heterocycles. The lowest BCUT2D eigenvalue weighted by atomic mass is 10.1. The number of rotatable bonds is 5. The Morgan fingerprint density at radius 1 is 1.07 bits per heavy atom. The zero-order chi connectivity index (χ0) is 19.5. The van der Waals surface area contributed by atoms with Gasteiger partial charge in [-0.05, 0) is 42.3 Å². The number of nitrogens with one attached hydrogen (secondary N) is 1. The van der Waals surface area contributed by atoms with Crippen LogP contribution in [0, 0.1) is 5.82 Å². The molecule has 7 heteroatoms. The molecular weight excluding hydrogens is 375 g/mol. The van der Waals surface area contributed by atoms with Gasteiger partial charge in [-0.2, -0.15) is 0 Å². The normalized spacial score (nSPS) is 10.9. The quantitative estimate of drug-likeness (QED) is 0.537. The number of aryl methyl sites for hydroxylation is 2. The van der Waals surface area contributed by atoms with E-state index >= 15 is 0 Å². The summed E-state index contributed by atoms with van der Waals surface area (Å²) >= 11 is 1.43. The first kappa shape index (κ1) is 18.2. The molecule has 28 heavy (non-hydrogen) atoms. The van der Waals surface area contributed by atoms with Crippen LogP contribution in [0.1, 0.15) is 18.3 Å². The van der Waals surface area contributed by atoms with Gasteiger partial charge in [0.1, 0.15) is 11.6 Å². The van der Waals surface area contributed by atoms with Crippen LogP contribution < -0.4 is 5.32 Å². The molecule has 0 aliphatic carbocycles. The standard InChI is InChI=1S/C21H17FN4OS/c1-13(27)24-21-26-18-8-5-15(12-19(18)28-21)17-10-11-23-20(25-17)9-4-14-2-6-16(22)7-3-14/h2-3,5-8,10-12H,4,9H2,1H3,(H,24,26,27). The summed E-state index contributed by atoms with van der Waals surface area (Å²) < 4.78 is 14.0. The van der Waals surface area contributed by atoms with Crippen LogP contribution in [0.4, 0.5) is 9.52 Å². The van der Waals surface area contributed by atoms with Gasteiger partial charge in [0.15, 0.2) is 5.13 Å². The fourth-order valence-corrected chi connectivity index (χ4v) is 3.83. The average molecular weight is 392 g/mol. The summed E-state index contributed by atoms with van der Waals surface area (Å²) in [5, 5.41) is 3.30. The monoisotopic (exact) mass is 392 g/mol. The highest BCUT2D eigenvalue weighted by Gasteiger charge is 2.09. The lowest BCUT2D eigenvalue weighted by Gasteiger charge is -2.05. The molecule has 0 bridgehead atoms. The van der Waals surface area contributed by atoms with Crippen LogP contribution in [0.2, 0.25) is 0 Å². The summed E-state index contributed by atoms with van der Waals surface area (Å²) in [6, 6.07) is 14.3. The van der Waals surface area contributed by atoms with Crippen molar-refractivity contribution in [2.75, 3.05) is 5.32 Å². The molecule has 4 rings (SSSR count). The van der Waals surface area contributed by atoms with Gasteiger partial charge in [0.25, 0.3) is 0 Å². The van der Waals surface area contributed by atoms with Crippen LogP contribution in [0.25, 0.3) is 21.5 Å². The molecule has 0 spiro atoms. The van der Waals surface area contributed by atoms with Crippen molar-refractivity contribution in [1.29, 1.82) is 0 Å². The summed E-state index contributed by atoms with van der Waals surface area (Å²) in [5.41, 5.74) is 3.69. The summed E-state index contributed by atoms with van der Waals surface area (Å²) in [6.07, 6.45) is 3.18. The minimum absolute atomic E-state index is 0.138. The number of fused-ring (bicyclic) bond motifs is 1. The van der Waals surface area contributed by atoms with Crippen molar-refractivity contribution in [3.8, 4) is 11.3 Å². The van der Waals surface area contributed by atoms with E-state index in [1.54, 1.807) is 18.3 Å². The summed E-state index contributed by atoms with van der Waals surface area (Å²) in [4.78, 5) is 24.6. The first-order valence-electron chi connectivity index (χ1n) is 8.82.